The highest BCUT2D eigenvalue weighted by molar-refractivity contribution is 7.15. The molecule has 0 bridgehead atoms. The fourth-order valence-corrected chi connectivity index (χ4v) is 3.90. The SMILES string of the molecule is Cl.Cl.Nc1nc2c(s1)CC(NCCCc1ccc(Cl)cc1)CC2. The Morgan fingerprint density at radius 1 is 1.26 bits per heavy atom. The van der Waals surface area contributed by atoms with Crippen LogP contribution in [-0.2, 0) is 19.3 Å². The molecular formula is C16H22Cl3N3S. The molecule has 3 nitrogen and oxygen atoms in total. The average molecular weight is 395 g/mol. The zero-order valence-electron chi connectivity index (χ0n) is 12.8. The van der Waals surface area contributed by atoms with Gasteiger partial charge in [-0.25, -0.2) is 4.98 Å². The Hall–Kier alpha value is -0.520. The second kappa shape index (κ2) is 9.70. The van der Waals surface area contributed by atoms with Crippen molar-refractivity contribution in [3.05, 3.63) is 45.4 Å². The number of nitrogens with two attached hydrogens (primary N) is 1. The molecule has 0 fully saturated rings. The molecule has 1 aromatic heterocycles. The van der Waals surface area contributed by atoms with Gasteiger partial charge in [-0.3, -0.25) is 0 Å². The van der Waals surface area contributed by atoms with E-state index in [0.717, 1.165) is 43.7 Å². The highest BCUT2D eigenvalue weighted by Crippen LogP contribution is 2.28. The largest absolute Gasteiger partial charge is 0.375 e. The second-order valence-electron chi connectivity index (χ2n) is 5.55. The van der Waals surface area contributed by atoms with Crippen molar-refractivity contribution in [1.82, 2.24) is 10.3 Å². The molecule has 1 atom stereocenters. The molecule has 0 saturated carbocycles. The molecule has 1 heterocycles. The Labute approximate surface area is 158 Å². The van der Waals surface area contributed by atoms with E-state index in [9.17, 15) is 0 Å². The minimum Gasteiger partial charge on any atom is -0.375 e. The Bertz CT molecular complexity index is 601. The summed E-state index contributed by atoms with van der Waals surface area (Å²) in [6.45, 7) is 1.05. The lowest BCUT2D eigenvalue weighted by Crippen LogP contribution is -2.34. The van der Waals surface area contributed by atoms with E-state index in [2.05, 4.69) is 22.4 Å². The van der Waals surface area contributed by atoms with Gasteiger partial charge in [0.1, 0.15) is 0 Å². The molecule has 0 amide bonds. The summed E-state index contributed by atoms with van der Waals surface area (Å²) in [6, 6.07) is 8.70. The number of nitrogens with zero attached hydrogens (tertiary/aromatic N) is 1. The Kier molecular flexibility index (Phi) is 8.65. The number of thiazole rings is 1. The molecule has 7 heteroatoms. The second-order valence-corrected chi connectivity index (χ2v) is 7.10. The van der Waals surface area contributed by atoms with E-state index >= 15 is 0 Å². The molecule has 1 aliphatic rings. The maximum absolute atomic E-state index is 5.89. The first kappa shape index (κ1) is 20.5. The smallest absolute Gasteiger partial charge is 0.180 e. The fraction of sp³-hybridized carbons (Fsp3) is 0.438. The number of nitrogen functional groups attached to an aromatic ring is 1. The quantitative estimate of drug-likeness (QED) is 0.743. The molecule has 3 rings (SSSR count). The predicted molar refractivity (Wildman–Crippen MR) is 105 cm³/mol. The van der Waals surface area contributed by atoms with E-state index in [1.54, 1.807) is 11.3 Å². The van der Waals surface area contributed by atoms with Crippen LogP contribution in [0, 0.1) is 0 Å². The van der Waals surface area contributed by atoms with Crippen LogP contribution in [-0.4, -0.2) is 17.6 Å². The highest BCUT2D eigenvalue weighted by atomic mass is 35.5. The third-order valence-electron chi connectivity index (χ3n) is 3.94. The Morgan fingerprint density at radius 3 is 2.74 bits per heavy atom. The molecule has 0 radical (unpaired) electrons. The van der Waals surface area contributed by atoms with E-state index in [1.807, 2.05) is 12.1 Å². The Morgan fingerprint density at radius 2 is 2.00 bits per heavy atom. The Balaban J connectivity index is 0.00000132. The summed E-state index contributed by atoms with van der Waals surface area (Å²) in [5.41, 5.74) is 8.35. The van der Waals surface area contributed by atoms with E-state index in [-0.39, 0.29) is 24.8 Å². The summed E-state index contributed by atoms with van der Waals surface area (Å²) in [5, 5.41) is 5.18. The van der Waals surface area contributed by atoms with E-state index in [0.29, 0.717) is 11.2 Å². The summed E-state index contributed by atoms with van der Waals surface area (Å²) in [6.07, 6.45) is 5.53. The van der Waals surface area contributed by atoms with Gasteiger partial charge in [0, 0.05) is 15.9 Å². The monoisotopic (exact) mass is 393 g/mol. The lowest BCUT2D eigenvalue weighted by atomic mass is 9.97. The molecule has 23 heavy (non-hydrogen) atoms. The minimum atomic E-state index is 0. The van der Waals surface area contributed by atoms with Crippen LogP contribution in [0.1, 0.15) is 29.0 Å². The van der Waals surface area contributed by atoms with Crippen LogP contribution in [0.25, 0.3) is 0 Å². The van der Waals surface area contributed by atoms with Gasteiger partial charge in [-0.2, -0.15) is 0 Å². The van der Waals surface area contributed by atoms with Gasteiger partial charge < -0.3 is 11.1 Å². The molecule has 1 unspecified atom stereocenters. The number of hydrogen-bond donors (Lipinski definition) is 2. The lowest BCUT2D eigenvalue weighted by molar-refractivity contribution is 0.455. The van der Waals surface area contributed by atoms with Crippen LogP contribution in [0.5, 0.6) is 0 Å². The van der Waals surface area contributed by atoms with E-state index in [1.165, 1.54) is 16.1 Å². The number of aryl methyl sites for hydroxylation is 2. The van der Waals surface area contributed by atoms with Crippen LogP contribution in [0.2, 0.25) is 5.02 Å². The summed E-state index contributed by atoms with van der Waals surface area (Å²) < 4.78 is 0. The maximum Gasteiger partial charge on any atom is 0.180 e. The van der Waals surface area contributed by atoms with Gasteiger partial charge in [-0.1, -0.05) is 23.7 Å². The van der Waals surface area contributed by atoms with Crippen LogP contribution in [0.15, 0.2) is 24.3 Å². The summed E-state index contributed by atoms with van der Waals surface area (Å²) >= 11 is 7.54. The number of nitrogens with one attached hydrogen (secondary N) is 1. The van der Waals surface area contributed by atoms with E-state index in [4.69, 9.17) is 17.3 Å². The average Bonchev–Trinajstić information content (AvgIpc) is 2.85. The lowest BCUT2D eigenvalue weighted by Gasteiger charge is -2.22. The van der Waals surface area contributed by atoms with Crippen LogP contribution < -0.4 is 11.1 Å². The molecule has 1 aliphatic carbocycles. The molecule has 128 valence electrons. The first-order valence-electron chi connectivity index (χ1n) is 7.42. The van der Waals surface area contributed by atoms with Crippen molar-refractivity contribution in [2.75, 3.05) is 12.3 Å². The number of benzene rings is 1. The fourth-order valence-electron chi connectivity index (χ4n) is 2.82. The van der Waals surface area contributed by atoms with Gasteiger partial charge in [0.2, 0.25) is 0 Å². The van der Waals surface area contributed by atoms with Gasteiger partial charge in [0.15, 0.2) is 5.13 Å². The third kappa shape index (κ3) is 5.80. The topological polar surface area (TPSA) is 50.9 Å². The van der Waals surface area contributed by atoms with Gasteiger partial charge in [0.05, 0.1) is 5.69 Å². The van der Waals surface area contributed by atoms with Crippen molar-refractivity contribution in [2.24, 2.45) is 0 Å². The van der Waals surface area contributed by atoms with Crippen molar-refractivity contribution in [2.45, 2.75) is 38.1 Å². The first-order chi connectivity index (χ1) is 10.2. The molecule has 1 aromatic carbocycles. The van der Waals surface area contributed by atoms with Crippen molar-refractivity contribution in [1.29, 1.82) is 0 Å². The number of halogens is 3. The molecule has 3 N–H and O–H groups in total. The molecule has 0 spiro atoms. The van der Waals surface area contributed by atoms with Crippen molar-refractivity contribution in [3.8, 4) is 0 Å². The van der Waals surface area contributed by atoms with Crippen LogP contribution in [0.4, 0.5) is 5.13 Å². The normalized spacial score (nSPS) is 16.1. The van der Waals surface area contributed by atoms with Crippen LogP contribution >= 0.6 is 47.8 Å². The van der Waals surface area contributed by atoms with Gasteiger partial charge in [0.25, 0.3) is 0 Å². The number of fused-ring (bicyclic) bond motifs is 1. The zero-order chi connectivity index (χ0) is 14.7. The van der Waals surface area contributed by atoms with Crippen molar-refractivity contribution >= 4 is 52.9 Å². The summed E-state index contributed by atoms with van der Waals surface area (Å²) in [5.74, 6) is 0. The van der Waals surface area contributed by atoms with Crippen molar-refractivity contribution in [3.63, 3.8) is 0 Å². The van der Waals surface area contributed by atoms with Gasteiger partial charge >= 0.3 is 0 Å². The van der Waals surface area contributed by atoms with Crippen LogP contribution in [0.3, 0.4) is 0 Å². The molecule has 0 saturated heterocycles. The number of hydrogen-bond acceptors (Lipinski definition) is 4. The molecule has 0 aliphatic heterocycles. The molecular weight excluding hydrogens is 373 g/mol. The first-order valence-corrected chi connectivity index (χ1v) is 8.62. The summed E-state index contributed by atoms with van der Waals surface area (Å²) in [4.78, 5) is 5.76. The minimum absolute atomic E-state index is 0. The summed E-state index contributed by atoms with van der Waals surface area (Å²) in [7, 11) is 0. The van der Waals surface area contributed by atoms with E-state index < -0.39 is 0 Å². The number of rotatable bonds is 5. The maximum atomic E-state index is 5.89. The molecule has 2 aromatic rings. The van der Waals surface area contributed by atoms with Gasteiger partial charge in [-0.15, -0.1) is 36.2 Å². The van der Waals surface area contributed by atoms with Crippen molar-refractivity contribution < 1.29 is 0 Å². The third-order valence-corrected chi connectivity index (χ3v) is 5.15. The zero-order valence-corrected chi connectivity index (χ0v) is 16.0. The van der Waals surface area contributed by atoms with Gasteiger partial charge in [-0.05, 0) is 56.3 Å². The standard InChI is InChI=1S/C16H20ClN3S.2ClH/c17-12-5-3-11(4-6-12)2-1-9-19-13-7-8-14-15(10-13)21-16(18)20-14;;/h3-6,13,19H,1-2,7-10H2,(H2,18,20);2*1H. The number of aromatic nitrogens is 1. The number of anilines is 1. The predicted octanol–water partition coefficient (Wildman–Crippen LogP) is 4.30. The highest BCUT2D eigenvalue weighted by Gasteiger charge is 2.21.